The van der Waals surface area contributed by atoms with Crippen LogP contribution in [0.25, 0.3) is 0 Å². The molecule has 3 fully saturated rings. The Hall–Kier alpha value is -2.34. The Morgan fingerprint density at radius 1 is 1.15 bits per heavy atom. The maximum Gasteiger partial charge on any atom is 0.331 e. The number of carbonyl (C=O) groups excluding carboxylic acids is 2. The number of epoxide rings is 1. The summed E-state index contributed by atoms with van der Waals surface area (Å²) in [7, 11) is 0. The van der Waals surface area contributed by atoms with Gasteiger partial charge in [0, 0.05) is 24.0 Å². The summed E-state index contributed by atoms with van der Waals surface area (Å²) >= 11 is 0. The molecule has 3 N–H and O–H groups in total. The van der Waals surface area contributed by atoms with Crippen LogP contribution in [0.3, 0.4) is 0 Å². The molecule has 10 heteroatoms. The van der Waals surface area contributed by atoms with E-state index in [2.05, 4.69) is 0 Å². The van der Waals surface area contributed by atoms with E-state index in [4.69, 9.17) is 23.7 Å². The van der Waals surface area contributed by atoms with E-state index in [0.717, 1.165) is 5.57 Å². The molecule has 3 aliphatic heterocycles. The highest BCUT2D eigenvalue weighted by molar-refractivity contribution is 5.83. The average molecular weight is 547 g/mol. The lowest BCUT2D eigenvalue weighted by molar-refractivity contribution is -0.232. The third-order valence-electron chi connectivity index (χ3n) is 9.47. The zero-order valence-electron chi connectivity index (χ0n) is 22.6. The van der Waals surface area contributed by atoms with E-state index in [1.807, 2.05) is 13.0 Å². The van der Waals surface area contributed by atoms with Gasteiger partial charge in [-0.1, -0.05) is 31.2 Å². The standard InChI is InChI=1S/C29H38O10/c1-17-10-26(34)36-15-28-9-8-19(13-30)11-23(28)38-24-12-22(27(28,3)29(24)16-37-29)39-25(33)7-5-4-6-21(18(2)31)35-14-20(17)32/h4-7,10-11,18,20-24,30-32H,8-9,12-16H2,1-3H3/b6-4+,7-5-,17-10+/t18-,20-,21+,22+,23+,24+,27+,28-,29-/m0/s1. The van der Waals surface area contributed by atoms with Crippen LogP contribution in [0.5, 0.6) is 0 Å². The van der Waals surface area contributed by atoms with Crippen molar-refractivity contribution in [2.24, 2.45) is 10.8 Å². The number of carbonyl (C=O) groups is 2. The predicted octanol–water partition coefficient (Wildman–Crippen LogP) is 1.29. The molecule has 214 valence electrons. The number of esters is 2. The van der Waals surface area contributed by atoms with Crippen molar-refractivity contribution in [1.82, 2.24) is 0 Å². The molecule has 0 aromatic heterocycles. The Bertz CT molecular complexity index is 1100. The molecule has 0 unspecified atom stereocenters. The van der Waals surface area contributed by atoms with Gasteiger partial charge in [0.2, 0.25) is 0 Å². The Morgan fingerprint density at radius 3 is 2.62 bits per heavy atom. The lowest BCUT2D eigenvalue weighted by Crippen LogP contribution is -2.66. The number of cyclic esters (lactones) is 1. The first-order valence-electron chi connectivity index (χ1n) is 13.5. The number of allylic oxidation sites excluding steroid dienone is 2. The molecular weight excluding hydrogens is 508 g/mol. The highest BCUT2D eigenvalue weighted by Gasteiger charge is 2.83. The van der Waals surface area contributed by atoms with Gasteiger partial charge in [0.25, 0.3) is 0 Å². The first kappa shape index (κ1) is 28.2. The van der Waals surface area contributed by atoms with Gasteiger partial charge in [0.15, 0.2) is 0 Å². The highest BCUT2D eigenvalue weighted by Crippen LogP contribution is 2.72. The minimum Gasteiger partial charge on any atom is -0.462 e. The van der Waals surface area contributed by atoms with Crippen molar-refractivity contribution >= 4 is 11.9 Å². The molecule has 10 nitrogen and oxygen atoms in total. The van der Waals surface area contributed by atoms with Crippen LogP contribution in [0, 0.1) is 10.8 Å². The minimum atomic E-state index is -1.09. The molecule has 0 amide bonds. The Kier molecular flexibility index (Phi) is 7.64. The molecule has 2 aliphatic carbocycles. The monoisotopic (exact) mass is 546 g/mol. The van der Waals surface area contributed by atoms with E-state index in [1.54, 1.807) is 26.0 Å². The molecule has 2 saturated heterocycles. The van der Waals surface area contributed by atoms with Crippen molar-refractivity contribution in [2.75, 3.05) is 26.4 Å². The molecule has 9 atom stereocenters. The molecule has 0 aromatic carbocycles. The molecule has 5 rings (SSSR count). The largest absolute Gasteiger partial charge is 0.462 e. The summed E-state index contributed by atoms with van der Waals surface area (Å²) in [6, 6.07) is 0. The van der Waals surface area contributed by atoms with Crippen LogP contribution in [-0.2, 0) is 33.3 Å². The lowest BCUT2D eigenvalue weighted by Gasteiger charge is -2.58. The van der Waals surface area contributed by atoms with Crippen molar-refractivity contribution in [3.63, 3.8) is 0 Å². The van der Waals surface area contributed by atoms with Crippen molar-refractivity contribution in [3.05, 3.63) is 47.6 Å². The first-order valence-corrected chi connectivity index (χ1v) is 13.5. The van der Waals surface area contributed by atoms with Crippen molar-refractivity contribution in [2.45, 2.75) is 82.3 Å². The van der Waals surface area contributed by atoms with Gasteiger partial charge in [-0.15, -0.1) is 0 Å². The quantitative estimate of drug-likeness (QED) is 0.263. The smallest absolute Gasteiger partial charge is 0.331 e. The van der Waals surface area contributed by atoms with E-state index in [9.17, 15) is 24.9 Å². The molecule has 5 aliphatic rings. The fourth-order valence-electron chi connectivity index (χ4n) is 6.89. The molecule has 0 aromatic rings. The maximum absolute atomic E-state index is 13.0. The molecule has 3 heterocycles. The van der Waals surface area contributed by atoms with Crippen molar-refractivity contribution in [3.8, 4) is 0 Å². The van der Waals surface area contributed by atoms with E-state index >= 15 is 0 Å². The normalized spacial score (nSPS) is 46.4. The van der Waals surface area contributed by atoms with Gasteiger partial charge in [-0.3, -0.25) is 0 Å². The second kappa shape index (κ2) is 10.6. The van der Waals surface area contributed by atoms with Crippen molar-refractivity contribution in [1.29, 1.82) is 0 Å². The molecule has 39 heavy (non-hydrogen) atoms. The Morgan fingerprint density at radius 2 is 1.92 bits per heavy atom. The van der Waals surface area contributed by atoms with E-state index in [-0.39, 0.29) is 25.9 Å². The fraction of sp³-hybridized carbons (Fsp3) is 0.655. The van der Waals surface area contributed by atoms with Gasteiger partial charge in [0.1, 0.15) is 24.4 Å². The third-order valence-corrected chi connectivity index (χ3v) is 9.47. The number of hydrogen-bond acceptors (Lipinski definition) is 10. The average Bonchev–Trinajstić information content (AvgIpc) is 3.68. The SMILES string of the molecule is C/C1=C\C(=O)OC[C@@]23CCC(CO)=C[C@H]2O[C@@H]2C[C@@H](OC(=O)/C=C\C=C\[C@H]([C@H](C)O)OC[C@@H]1O)[C@@]3(C)[C@]21CO1. The predicted molar refractivity (Wildman–Crippen MR) is 137 cm³/mol. The molecule has 2 bridgehead atoms. The molecule has 2 spiro atoms. The zero-order chi connectivity index (χ0) is 28.0. The molecular formula is C29H38O10. The number of hydrogen-bond donors (Lipinski definition) is 3. The van der Waals surface area contributed by atoms with Crippen LogP contribution in [0.1, 0.15) is 40.0 Å². The summed E-state index contributed by atoms with van der Waals surface area (Å²) < 4.78 is 30.2. The molecule has 1 saturated carbocycles. The van der Waals surface area contributed by atoms with Crippen LogP contribution < -0.4 is 0 Å². The Labute approximate surface area is 227 Å². The summed E-state index contributed by atoms with van der Waals surface area (Å²) in [5.74, 6) is -1.17. The van der Waals surface area contributed by atoms with E-state index in [1.165, 1.54) is 18.2 Å². The number of ether oxygens (including phenoxy) is 5. The van der Waals surface area contributed by atoms with Crippen molar-refractivity contribution < 1.29 is 48.6 Å². The van der Waals surface area contributed by atoms with E-state index in [0.29, 0.717) is 31.4 Å². The molecule has 0 radical (unpaired) electrons. The second-order valence-electron chi connectivity index (χ2n) is 11.5. The highest BCUT2D eigenvalue weighted by atomic mass is 16.6. The number of rotatable bonds is 2. The lowest BCUT2D eigenvalue weighted by atomic mass is 9.51. The minimum absolute atomic E-state index is 0.0207. The van der Waals surface area contributed by atoms with Gasteiger partial charge < -0.3 is 39.0 Å². The topological polar surface area (TPSA) is 144 Å². The van der Waals surface area contributed by atoms with Crippen LogP contribution in [0.4, 0.5) is 0 Å². The van der Waals surface area contributed by atoms with Gasteiger partial charge in [-0.2, -0.15) is 0 Å². The van der Waals surface area contributed by atoms with Crippen LogP contribution in [0.15, 0.2) is 47.6 Å². The first-order chi connectivity index (χ1) is 18.6. The van der Waals surface area contributed by atoms with Gasteiger partial charge in [0.05, 0.1) is 49.7 Å². The fourth-order valence-corrected chi connectivity index (χ4v) is 6.89. The van der Waals surface area contributed by atoms with Gasteiger partial charge in [-0.25, -0.2) is 9.59 Å². The van der Waals surface area contributed by atoms with Gasteiger partial charge in [-0.05, 0) is 37.8 Å². The third kappa shape index (κ3) is 4.71. The number of aliphatic hydroxyl groups excluding tert-OH is 3. The summed E-state index contributed by atoms with van der Waals surface area (Å²) in [6.07, 6.45) is 6.63. The summed E-state index contributed by atoms with van der Waals surface area (Å²) in [5.41, 5.74) is -0.974. The van der Waals surface area contributed by atoms with Crippen LogP contribution >= 0.6 is 0 Å². The maximum atomic E-state index is 13.0. The van der Waals surface area contributed by atoms with Crippen LogP contribution in [0.2, 0.25) is 0 Å². The Balaban J connectivity index is 1.53. The number of aliphatic hydroxyl groups is 3. The summed E-state index contributed by atoms with van der Waals surface area (Å²) in [4.78, 5) is 25.9. The van der Waals surface area contributed by atoms with Gasteiger partial charge >= 0.3 is 11.9 Å². The van der Waals surface area contributed by atoms with E-state index < -0.39 is 58.9 Å². The van der Waals surface area contributed by atoms with Crippen LogP contribution in [-0.4, -0.2) is 95.9 Å². The second-order valence-corrected chi connectivity index (χ2v) is 11.5. The summed E-state index contributed by atoms with van der Waals surface area (Å²) in [5, 5.41) is 30.4. The zero-order valence-corrected chi connectivity index (χ0v) is 22.6. The summed E-state index contributed by atoms with van der Waals surface area (Å²) in [6.45, 7) is 5.38.